The fourth-order valence-electron chi connectivity index (χ4n) is 4.85. The second-order valence-corrected chi connectivity index (χ2v) is 9.64. The smallest absolute Gasteiger partial charge is 0.226 e. The molecule has 8 nitrogen and oxygen atoms in total. The van der Waals surface area contributed by atoms with Crippen LogP contribution >= 0.6 is 11.3 Å². The van der Waals surface area contributed by atoms with Crippen molar-refractivity contribution in [2.75, 3.05) is 30.7 Å². The number of anilines is 3. The monoisotopic (exact) mass is 464 g/mol. The second-order valence-electron chi connectivity index (χ2n) is 8.56. The van der Waals surface area contributed by atoms with E-state index in [1.165, 1.54) is 16.7 Å². The van der Waals surface area contributed by atoms with Crippen molar-refractivity contribution in [3.05, 3.63) is 34.5 Å². The van der Waals surface area contributed by atoms with Gasteiger partial charge in [-0.3, -0.25) is 4.79 Å². The molecule has 4 N–H and O–H groups in total. The standard InChI is InChI=1S/C24H28N6O2S/c1-2-32-19-11-17(26)15(12-25)9-18(19)29-22-21-16-6-5-14(24(31)30-7-3-4-8-30)10-20(16)33-23(21)28-13-27-22/h9,11-14,25H,2-8,10,26H2,1H3,(H,27,28,29). The lowest BCUT2D eigenvalue weighted by Gasteiger charge is -2.26. The molecule has 0 spiro atoms. The van der Waals surface area contributed by atoms with Gasteiger partial charge in [-0.2, -0.15) is 0 Å². The number of rotatable bonds is 6. The summed E-state index contributed by atoms with van der Waals surface area (Å²) in [6, 6.07) is 3.55. The van der Waals surface area contributed by atoms with E-state index in [2.05, 4.69) is 15.3 Å². The van der Waals surface area contributed by atoms with E-state index in [0.717, 1.165) is 55.4 Å². The number of thiophene rings is 1. The summed E-state index contributed by atoms with van der Waals surface area (Å²) in [5.41, 5.74) is 9.12. The van der Waals surface area contributed by atoms with Crippen molar-refractivity contribution in [3.63, 3.8) is 0 Å². The molecule has 9 heteroatoms. The van der Waals surface area contributed by atoms with E-state index in [4.69, 9.17) is 15.9 Å². The molecule has 1 amide bonds. The van der Waals surface area contributed by atoms with E-state index in [9.17, 15) is 4.79 Å². The number of likely N-dealkylation sites (tertiary alicyclic amines) is 1. The summed E-state index contributed by atoms with van der Waals surface area (Å²) in [4.78, 5) is 26.2. The van der Waals surface area contributed by atoms with Gasteiger partial charge in [-0.1, -0.05) is 0 Å². The minimum absolute atomic E-state index is 0.0600. The first kappa shape index (κ1) is 21.6. The Labute approximate surface area is 196 Å². The molecule has 2 aliphatic rings. The van der Waals surface area contributed by atoms with Crippen molar-refractivity contribution in [2.24, 2.45) is 5.92 Å². The zero-order valence-electron chi connectivity index (χ0n) is 18.7. The van der Waals surface area contributed by atoms with E-state index < -0.39 is 0 Å². The molecular weight excluding hydrogens is 436 g/mol. The number of fused-ring (bicyclic) bond motifs is 3. The van der Waals surface area contributed by atoms with Gasteiger partial charge in [-0.25, -0.2) is 9.97 Å². The number of nitrogens with one attached hydrogen (secondary N) is 2. The normalized spacial score (nSPS) is 17.7. The number of hydrogen-bond donors (Lipinski definition) is 3. The van der Waals surface area contributed by atoms with E-state index in [1.807, 2.05) is 17.9 Å². The lowest BCUT2D eigenvalue weighted by molar-refractivity contribution is -0.134. The van der Waals surface area contributed by atoms with Crippen LogP contribution in [0.15, 0.2) is 18.5 Å². The number of carbonyl (C=O) groups excluding carboxylic acids is 1. The maximum absolute atomic E-state index is 13.0. The van der Waals surface area contributed by atoms with Crippen LogP contribution in [0.25, 0.3) is 10.2 Å². The third-order valence-corrected chi connectivity index (χ3v) is 7.67. The third kappa shape index (κ3) is 4.01. The number of amides is 1. The molecule has 1 unspecified atom stereocenters. The van der Waals surface area contributed by atoms with Crippen molar-refractivity contribution in [2.45, 2.75) is 39.0 Å². The molecule has 2 aromatic heterocycles. The predicted molar refractivity (Wildman–Crippen MR) is 132 cm³/mol. The van der Waals surface area contributed by atoms with Crippen LogP contribution in [0, 0.1) is 11.3 Å². The molecule has 1 aliphatic carbocycles. The van der Waals surface area contributed by atoms with Crippen LogP contribution in [-0.4, -0.2) is 46.7 Å². The molecule has 3 aromatic rings. The highest BCUT2D eigenvalue weighted by atomic mass is 32.1. The maximum atomic E-state index is 13.0. The Kier molecular flexibility index (Phi) is 5.88. The molecule has 1 atom stereocenters. The minimum atomic E-state index is 0.0600. The average molecular weight is 465 g/mol. The fraction of sp³-hybridized carbons (Fsp3) is 0.417. The first-order valence-electron chi connectivity index (χ1n) is 11.5. The van der Waals surface area contributed by atoms with Crippen LogP contribution in [0.4, 0.5) is 17.2 Å². The van der Waals surface area contributed by atoms with Crippen LogP contribution in [-0.2, 0) is 17.6 Å². The van der Waals surface area contributed by atoms with Gasteiger partial charge < -0.3 is 26.1 Å². The number of carbonyl (C=O) groups is 1. The third-order valence-electron chi connectivity index (χ3n) is 6.51. The summed E-state index contributed by atoms with van der Waals surface area (Å²) in [5.74, 6) is 1.70. The molecular formula is C24H28N6O2S. The molecule has 172 valence electrons. The van der Waals surface area contributed by atoms with Gasteiger partial charge in [-0.05, 0) is 50.7 Å². The first-order chi connectivity index (χ1) is 16.1. The fourth-order valence-corrected chi connectivity index (χ4v) is 6.12. The topological polar surface area (TPSA) is 117 Å². The summed E-state index contributed by atoms with van der Waals surface area (Å²) in [5, 5.41) is 12.1. The molecule has 3 heterocycles. The molecule has 33 heavy (non-hydrogen) atoms. The molecule has 5 rings (SSSR count). The highest BCUT2D eigenvalue weighted by Crippen LogP contribution is 2.42. The van der Waals surface area contributed by atoms with Gasteiger partial charge in [0.05, 0.1) is 17.7 Å². The summed E-state index contributed by atoms with van der Waals surface area (Å²) >= 11 is 1.66. The van der Waals surface area contributed by atoms with E-state index >= 15 is 0 Å². The number of hydrogen-bond acceptors (Lipinski definition) is 8. The van der Waals surface area contributed by atoms with Crippen molar-refractivity contribution >= 4 is 50.9 Å². The molecule has 1 aromatic carbocycles. The number of nitrogen functional groups attached to an aromatic ring is 1. The Bertz CT molecular complexity index is 1220. The van der Waals surface area contributed by atoms with Gasteiger partial charge in [0, 0.05) is 47.4 Å². The molecule has 1 saturated heterocycles. The summed E-state index contributed by atoms with van der Waals surface area (Å²) < 4.78 is 5.78. The zero-order valence-corrected chi connectivity index (χ0v) is 19.5. The quantitative estimate of drug-likeness (QED) is 0.373. The largest absolute Gasteiger partial charge is 0.492 e. The van der Waals surface area contributed by atoms with E-state index in [-0.39, 0.29) is 5.92 Å². The van der Waals surface area contributed by atoms with Crippen LogP contribution < -0.4 is 15.8 Å². The van der Waals surface area contributed by atoms with Gasteiger partial charge >= 0.3 is 0 Å². The number of aromatic nitrogens is 2. The van der Waals surface area contributed by atoms with E-state index in [1.54, 1.807) is 23.7 Å². The highest BCUT2D eigenvalue weighted by molar-refractivity contribution is 7.19. The molecule has 0 radical (unpaired) electrons. The Hall–Kier alpha value is -3.20. The first-order valence-corrected chi connectivity index (χ1v) is 12.3. The zero-order chi connectivity index (χ0) is 22.9. The number of nitrogens with two attached hydrogens (primary N) is 1. The Morgan fingerprint density at radius 3 is 2.94 bits per heavy atom. The Balaban J connectivity index is 1.48. The predicted octanol–water partition coefficient (Wildman–Crippen LogP) is 4.14. The number of nitrogens with zero attached hydrogens (tertiary/aromatic N) is 3. The Morgan fingerprint density at radius 1 is 1.36 bits per heavy atom. The Morgan fingerprint density at radius 2 is 2.18 bits per heavy atom. The lowest BCUT2D eigenvalue weighted by atomic mass is 9.87. The summed E-state index contributed by atoms with van der Waals surface area (Å²) in [7, 11) is 0. The van der Waals surface area contributed by atoms with Gasteiger partial charge in [-0.15, -0.1) is 11.3 Å². The second kappa shape index (κ2) is 8.97. The molecule has 1 aliphatic heterocycles. The van der Waals surface area contributed by atoms with Crippen molar-refractivity contribution in [1.29, 1.82) is 5.41 Å². The number of aryl methyl sites for hydroxylation is 1. The van der Waals surface area contributed by atoms with Crippen molar-refractivity contribution in [1.82, 2.24) is 14.9 Å². The van der Waals surface area contributed by atoms with Crippen LogP contribution in [0.5, 0.6) is 5.75 Å². The van der Waals surface area contributed by atoms with E-state index in [0.29, 0.717) is 41.0 Å². The SMILES string of the molecule is CCOc1cc(N)c(C=N)cc1Nc1ncnc2sc3c(c12)CCC(C(=O)N1CCCC1)C3. The summed E-state index contributed by atoms with van der Waals surface area (Å²) in [6.07, 6.45) is 7.50. The highest BCUT2D eigenvalue weighted by Gasteiger charge is 2.32. The minimum Gasteiger partial charge on any atom is -0.492 e. The molecule has 0 saturated carbocycles. The van der Waals surface area contributed by atoms with Gasteiger partial charge in [0.15, 0.2) is 0 Å². The number of benzene rings is 1. The van der Waals surface area contributed by atoms with Crippen molar-refractivity contribution < 1.29 is 9.53 Å². The van der Waals surface area contributed by atoms with Gasteiger partial charge in [0.25, 0.3) is 0 Å². The average Bonchev–Trinajstić information content (AvgIpc) is 3.48. The maximum Gasteiger partial charge on any atom is 0.226 e. The van der Waals surface area contributed by atoms with Crippen LogP contribution in [0.1, 0.15) is 42.2 Å². The number of ether oxygens (including phenoxy) is 1. The molecule has 0 bridgehead atoms. The van der Waals surface area contributed by atoms with Crippen LogP contribution in [0.3, 0.4) is 0 Å². The summed E-state index contributed by atoms with van der Waals surface area (Å²) in [6.45, 7) is 4.21. The molecule has 1 fully saturated rings. The lowest BCUT2D eigenvalue weighted by Crippen LogP contribution is -2.36. The van der Waals surface area contributed by atoms with Gasteiger partial charge in [0.2, 0.25) is 5.91 Å². The van der Waals surface area contributed by atoms with Gasteiger partial charge in [0.1, 0.15) is 22.7 Å². The van der Waals surface area contributed by atoms with Crippen molar-refractivity contribution in [3.8, 4) is 5.75 Å². The van der Waals surface area contributed by atoms with Crippen LogP contribution in [0.2, 0.25) is 0 Å².